The molecule has 0 unspecified atom stereocenters. The number of nitrogens with zero attached hydrogens (tertiary/aromatic N) is 1. The molecule has 0 aliphatic carbocycles. The number of nitrogens with one attached hydrogen (secondary N) is 2. The molecule has 3 amide bonds. The normalized spacial score (nSPS) is 29.5. The van der Waals surface area contributed by atoms with Crippen LogP contribution in [-0.2, 0) is 19.9 Å². The highest BCUT2D eigenvalue weighted by Crippen LogP contribution is 2.53. The third-order valence-electron chi connectivity index (χ3n) is 6.34. The third-order valence-corrected chi connectivity index (χ3v) is 6.98. The zero-order valence-corrected chi connectivity index (χ0v) is 17.0. The molecule has 3 aliphatic heterocycles. The van der Waals surface area contributed by atoms with Gasteiger partial charge in [-0.1, -0.05) is 18.2 Å². The molecule has 6 nitrogen and oxygen atoms in total. The molecule has 2 aromatic carbocycles. The molecule has 5 rings (SSSR count). The van der Waals surface area contributed by atoms with Crippen LogP contribution in [0.15, 0.2) is 48.5 Å². The maximum Gasteiger partial charge on any atom is 0.250 e. The first kappa shape index (κ1) is 19.3. The fraction of sp³-hybridized carbons (Fsp3) is 0.318. The van der Waals surface area contributed by atoms with Gasteiger partial charge in [0.2, 0.25) is 17.7 Å². The molecule has 154 valence electrons. The van der Waals surface area contributed by atoms with Crippen LogP contribution in [0, 0.1) is 17.7 Å². The summed E-state index contributed by atoms with van der Waals surface area (Å²) in [6, 6.07) is 12.2. The van der Waals surface area contributed by atoms with Gasteiger partial charge in [-0.3, -0.25) is 19.7 Å². The van der Waals surface area contributed by atoms with Crippen LogP contribution in [-0.4, -0.2) is 35.8 Å². The maximum absolute atomic E-state index is 13.6. The quantitative estimate of drug-likeness (QED) is 0.736. The second kappa shape index (κ2) is 6.92. The van der Waals surface area contributed by atoms with Crippen LogP contribution in [0.2, 0.25) is 0 Å². The molecule has 30 heavy (non-hydrogen) atoms. The summed E-state index contributed by atoms with van der Waals surface area (Å²) in [6.07, 6.45) is 2.63. The second-order valence-corrected chi connectivity index (χ2v) is 8.82. The number of anilines is 2. The zero-order valence-electron chi connectivity index (χ0n) is 16.2. The lowest BCUT2D eigenvalue weighted by Crippen LogP contribution is -2.53. The van der Waals surface area contributed by atoms with E-state index in [0.717, 1.165) is 10.7 Å². The predicted octanol–water partition coefficient (Wildman–Crippen LogP) is 2.50. The molecule has 0 radical (unpaired) electrons. The highest BCUT2D eigenvalue weighted by Gasteiger charge is 2.70. The van der Waals surface area contributed by atoms with E-state index in [9.17, 15) is 18.8 Å². The lowest BCUT2D eigenvalue weighted by atomic mass is 9.76. The molecule has 2 aromatic rings. The van der Waals surface area contributed by atoms with Gasteiger partial charge in [-0.05, 0) is 48.8 Å². The fourth-order valence-corrected chi connectivity index (χ4v) is 5.59. The molecule has 0 bridgehead atoms. The SMILES string of the molecule is CSCC[C@@H]1N[C@]2(C(=O)Nc3ccccc32)[C@@H]2C(=O)N(c3ccc(F)cc3)C(=O)[C@H]12. The van der Waals surface area contributed by atoms with E-state index in [1.165, 1.54) is 24.3 Å². The first-order chi connectivity index (χ1) is 14.5. The van der Waals surface area contributed by atoms with Crippen LogP contribution < -0.4 is 15.5 Å². The zero-order chi connectivity index (χ0) is 21.0. The molecule has 2 fully saturated rings. The number of carbonyl (C=O) groups is 3. The Morgan fingerprint density at radius 2 is 1.80 bits per heavy atom. The highest BCUT2D eigenvalue weighted by atomic mass is 32.2. The molecule has 0 saturated carbocycles. The van der Waals surface area contributed by atoms with E-state index >= 15 is 0 Å². The summed E-state index contributed by atoms with van der Waals surface area (Å²) in [5.41, 5.74) is 0.385. The molecule has 2 N–H and O–H groups in total. The summed E-state index contributed by atoms with van der Waals surface area (Å²) < 4.78 is 13.4. The number of hydrogen-bond donors (Lipinski definition) is 2. The Balaban J connectivity index is 1.64. The minimum absolute atomic E-state index is 0.313. The average Bonchev–Trinajstić information content (AvgIpc) is 3.32. The Hall–Kier alpha value is -2.71. The van der Waals surface area contributed by atoms with E-state index in [4.69, 9.17) is 0 Å². The Labute approximate surface area is 177 Å². The van der Waals surface area contributed by atoms with Crippen LogP contribution in [0.3, 0.4) is 0 Å². The number of thioether (sulfide) groups is 1. The fourth-order valence-electron chi connectivity index (χ4n) is 5.10. The number of para-hydroxylation sites is 1. The van der Waals surface area contributed by atoms with Gasteiger partial charge in [0.05, 0.1) is 17.5 Å². The van der Waals surface area contributed by atoms with Gasteiger partial charge in [-0.15, -0.1) is 0 Å². The maximum atomic E-state index is 13.6. The Bertz CT molecular complexity index is 1060. The number of fused-ring (bicyclic) bond motifs is 4. The number of carbonyl (C=O) groups excluding carboxylic acids is 3. The van der Waals surface area contributed by atoms with Crippen molar-refractivity contribution in [1.82, 2.24) is 5.32 Å². The van der Waals surface area contributed by atoms with Crippen LogP contribution in [0.1, 0.15) is 12.0 Å². The number of rotatable bonds is 4. The van der Waals surface area contributed by atoms with Crippen LogP contribution in [0.25, 0.3) is 0 Å². The molecule has 8 heteroatoms. The first-order valence-corrected chi connectivity index (χ1v) is 11.2. The predicted molar refractivity (Wildman–Crippen MR) is 113 cm³/mol. The van der Waals surface area contributed by atoms with Crippen molar-refractivity contribution in [2.45, 2.75) is 18.0 Å². The number of amides is 3. The Kier molecular flexibility index (Phi) is 4.44. The summed E-state index contributed by atoms with van der Waals surface area (Å²) in [6.45, 7) is 0. The number of halogens is 1. The number of benzene rings is 2. The summed E-state index contributed by atoms with van der Waals surface area (Å²) in [4.78, 5) is 41.4. The van der Waals surface area contributed by atoms with Crippen LogP contribution in [0.4, 0.5) is 15.8 Å². The van der Waals surface area contributed by atoms with Gasteiger partial charge < -0.3 is 5.32 Å². The van der Waals surface area contributed by atoms with Crippen molar-refractivity contribution in [2.24, 2.45) is 11.8 Å². The molecule has 2 saturated heterocycles. The third kappa shape index (κ3) is 2.50. The number of hydrogen-bond acceptors (Lipinski definition) is 5. The molecular formula is C22H20FN3O3S. The molecule has 0 aromatic heterocycles. The van der Waals surface area contributed by atoms with Crippen molar-refractivity contribution in [3.05, 3.63) is 59.9 Å². The smallest absolute Gasteiger partial charge is 0.250 e. The lowest BCUT2D eigenvalue weighted by molar-refractivity contribution is -0.130. The van der Waals surface area contributed by atoms with Crippen molar-refractivity contribution >= 4 is 40.9 Å². The van der Waals surface area contributed by atoms with Gasteiger partial charge in [0.1, 0.15) is 11.4 Å². The van der Waals surface area contributed by atoms with Crippen molar-refractivity contribution in [2.75, 3.05) is 22.2 Å². The number of imide groups is 1. The minimum Gasteiger partial charge on any atom is -0.324 e. The summed E-state index contributed by atoms with van der Waals surface area (Å²) in [5.74, 6) is -2.26. The monoisotopic (exact) mass is 425 g/mol. The molecule has 4 atom stereocenters. The second-order valence-electron chi connectivity index (χ2n) is 7.83. The summed E-state index contributed by atoms with van der Waals surface area (Å²) in [7, 11) is 0. The van der Waals surface area contributed by atoms with E-state index in [0.29, 0.717) is 23.4 Å². The molecule has 3 aliphatic rings. The molecule has 1 spiro atoms. The largest absolute Gasteiger partial charge is 0.324 e. The van der Waals surface area contributed by atoms with Crippen LogP contribution >= 0.6 is 11.8 Å². The van der Waals surface area contributed by atoms with Crippen molar-refractivity contribution < 1.29 is 18.8 Å². The van der Waals surface area contributed by atoms with Gasteiger partial charge in [0.25, 0.3) is 0 Å². The van der Waals surface area contributed by atoms with Crippen molar-refractivity contribution in [3.8, 4) is 0 Å². The Morgan fingerprint density at radius 1 is 1.07 bits per heavy atom. The first-order valence-electron chi connectivity index (χ1n) is 9.80. The summed E-state index contributed by atoms with van der Waals surface area (Å²) in [5, 5.41) is 6.28. The summed E-state index contributed by atoms with van der Waals surface area (Å²) >= 11 is 1.65. The van der Waals surface area contributed by atoms with E-state index in [-0.39, 0.29) is 17.9 Å². The topological polar surface area (TPSA) is 78.5 Å². The van der Waals surface area contributed by atoms with Gasteiger partial charge in [-0.2, -0.15) is 11.8 Å². The Morgan fingerprint density at radius 3 is 2.53 bits per heavy atom. The van der Waals surface area contributed by atoms with Gasteiger partial charge in [-0.25, -0.2) is 9.29 Å². The standard InChI is InChI=1S/C22H20FN3O3S/c1-30-11-10-16-17-18(20(28)26(19(17)27)13-8-6-12(23)7-9-13)22(25-16)14-4-2-3-5-15(14)24-21(22)29/h2-9,16-18,25H,10-11H2,1H3,(H,24,29)/t16-,17+,18-,22-/m0/s1. The van der Waals surface area contributed by atoms with E-state index in [1.54, 1.807) is 17.8 Å². The van der Waals surface area contributed by atoms with E-state index < -0.39 is 29.1 Å². The lowest BCUT2D eigenvalue weighted by Gasteiger charge is -2.29. The van der Waals surface area contributed by atoms with E-state index in [2.05, 4.69) is 10.6 Å². The van der Waals surface area contributed by atoms with Gasteiger partial charge >= 0.3 is 0 Å². The molecule has 3 heterocycles. The average molecular weight is 425 g/mol. The van der Waals surface area contributed by atoms with E-state index in [1.807, 2.05) is 24.5 Å². The van der Waals surface area contributed by atoms with Crippen molar-refractivity contribution in [1.29, 1.82) is 0 Å². The highest BCUT2D eigenvalue weighted by molar-refractivity contribution is 7.98. The van der Waals surface area contributed by atoms with Crippen molar-refractivity contribution in [3.63, 3.8) is 0 Å². The minimum atomic E-state index is -1.29. The molecular weight excluding hydrogens is 405 g/mol. The van der Waals surface area contributed by atoms with Gasteiger partial charge in [0.15, 0.2) is 0 Å². The van der Waals surface area contributed by atoms with Gasteiger partial charge in [0, 0.05) is 17.3 Å². The van der Waals surface area contributed by atoms with Crippen LogP contribution in [0.5, 0.6) is 0 Å².